The molecule has 0 bridgehead atoms. The molecule has 0 aliphatic carbocycles. The van der Waals surface area contributed by atoms with Gasteiger partial charge in [0.05, 0.1) is 0 Å². The van der Waals surface area contributed by atoms with E-state index >= 15 is 0 Å². The van der Waals surface area contributed by atoms with Gasteiger partial charge in [0.15, 0.2) is 5.82 Å². The molecule has 82 valence electrons. The minimum absolute atomic E-state index is 0.779. The zero-order valence-corrected chi connectivity index (χ0v) is 9.35. The molecular formula is C13H15N3. The van der Waals surface area contributed by atoms with Crippen molar-refractivity contribution in [3.63, 3.8) is 0 Å². The average molecular weight is 213 g/mol. The third-order valence-electron chi connectivity index (χ3n) is 2.32. The second-order valence-electron chi connectivity index (χ2n) is 3.56. The maximum absolute atomic E-state index is 4.35. The van der Waals surface area contributed by atoms with Crippen molar-refractivity contribution in [1.82, 2.24) is 15.3 Å². The van der Waals surface area contributed by atoms with Gasteiger partial charge >= 0.3 is 0 Å². The predicted octanol–water partition coefficient (Wildman–Crippen LogP) is 2.25. The highest BCUT2D eigenvalue weighted by Crippen LogP contribution is 2.12. The maximum Gasteiger partial charge on any atom is 0.159 e. The van der Waals surface area contributed by atoms with Gasteiger partial charge in [-0.3, -0.25) is 0 Å². The summed E-state index contributed by atoms with van der Waals surface area (Å²) in [7, 11) is 0. The van der Waals surface area contributed by atoms with Crippen molar-refractivity contribution in [3.8, 4) is 11.4 Å². The molecule has 0 fully saturated rings. The predicted molar refractivity (Wildman–Crippen MR) is 64.8 cm³/mol. The van der Waals surface area contributed by atoms with Crippen molar-refractivity contribution in [1.29, 1.82) is 0 Å². The van der Waals surface area contributed by atoms with Gasteiger partial charge in [-0.25, -0.2) is 9.97 Å². The molecule has 2 rings (SSSR count). The van der Waals surface area contributed by atoms with Crippen LogP contribution in [0.25, 0.3) is 11.4 Å². The van der Waals surface area contributed by atoms with Crippen molar-refractivity contribution in [2.24, 2.45) is 0 Å². The van der Waals surface area contributed by atoms with Crippen LogP contribution in [0, 0.1) is 0 Å². The van der Waals surface area contributed by atoms with Crippen LogP contribution in [0.1, 0.15) is 12.5 Å². The van der Waals surface area contributed by atoms with Crippen LogP contribution in [0.2, 0.25) is 0 Å². The first-order chi connectivity index (χ1) is 7.90. The standard InChI is InChI=1S/C13H15N3/c1-2-14-8-11-9-15-13(16-10-11)12-6-4-3-5-7-12/h3-7,9-10,14H,2,8H2,1H3. The fourth-order valence-electron chi connectivity index (χ4n) is 1.45. The lowest BCUT2D eigenvalue weighted by Gasteiger charge is -2.03. The van der Waals surface area contributed by atoms with E-state index in [1.165, 1.54) is 0 Å². The summed E-state index contributed by atoms with van der Waals surface area (Å²) >= 11 is 0. The van der Waals surface area contributed by atoms with Gasteiger partial charge in [-0.2, -0.15) is 0 Å². The number of rotatable bonds is 4. The summed E-state index contributed by atoms with van der Waals surface area (Å²) in [5, 5.41) is 3.24. The Hall–Kier alpha value is -1.74. The van der Waals surface area contributed by atoms with E-state index in [0.29, 0.717) is 0 Å². The molecule has 0 saturated heterocycles. The summed E-state index contributed by atoms with van der Waals surface area (Å²) in [5.74, 6) is 0.779. The van der Waals surface area contributed by atoms with Crippen LogP contribution in [0.15, 0.2) is 42.7 Å². The van der Waals surface area contributed by atoms with Gasteiger partial charge in [0.25, 0.3) is 0 Å². The summed E-state index contributed by atoms with van der Waals surface area (Å²) < 4.78 is 0. The second kappa shape index (κ2) is 5.37. The molecule has 1 aromatic carbocycles. The molecule has 16 heavy (non-hydrogen) atoms. The smallest absolute Gasteiger partial charge is 0.159 e. The van der Waals surface area contributed by atoms with Crippen LogP contribution in [0.3, 0.4) is 0 Å². The van der Waals surface area contributed by atoms with Crippen molar-refractivity contribution < 1.29 is 0 Å². The van der Waals surface area contributed by atoms with E-state index in [1.807, 2.05) is 42.7 Å². The van der Waals surface area contributed by atoms with E-state index in [-0.39, 0.29) is 0 Å². The Morgan fingerprint density at radius 1 is 1.06 bits per heavy atom. The van der Waals surface area contributed by atoms with Gasteiger partial charge in [0.1, 0.15) is 0 Å². The van der Waals surface area contributed by atoms with E-state index in [1.54, 1.807) is 0 Å². The molecular weight excluding hydrogens is 198 g/mol. The van der Waals surface area contributed by atoms with Gasteiger partial charge in [0, 0.05) is 30.1 Å². The van der Waals surface area contributed by atoms with E-state index in [4.69, 9.17) is 0 Å². The first-order valence-corrected chi connectivity index (χ1v) is 5.47. The lowest BCUT2D eigenvalue weighted by atomic mass is 10.2. The summed E-state index contributed by atoms with van der Waals surface area (Å²) in [4.78, 5) is 8.70. The first kappa shape index (κ1) is 10.8. The third kappa shape index (κ3) is 2.64. The molecule has 0 amide bonds. The van der Waals surface area contributed by atoms with Gasteiger partial charge < -0.3 is 5.32 Å². The highest BCUT2D eigenvalue weighted by atomic mass is 14.9. The maximum atomic E-state index is 4.35. The summed E-state index contributed by atoms with van der Waals surface area (Å²) in [5.41, 5.74) is 2.17. The van der Waals surface area contributed by atoms with Crippen LogP contribution in [0.5, 0.6) is 0 Å². The molecule has 0 aliphatic rings. The van der Waals surface area contributed by atoms with Crippen LogP contribution in [-0.4, -0.2) is 16.5 Å². The highest BCUT2D eigenvalue weighted by molar-refractivity contribution is 5.53. The lowest BCUT2D eigenvalue weighted by Crippen LogP contribution is -2.12. The van der Waals surface area contributed by atoms with E-state index in [2.05, 4.69) is 22.2 Å². The van der Waals surface area contributed by atoms with E-state index in [0.717, 1.165) is 30.0 Å². The van der Waals surface area contributed by atoms with Crippen LogP contribution in [-0.2, 0) is 6.54 Å². The Morgan fingerprint density at radius 2 is 1.75 bits per heavy atom. The van der Waals surface area contributed by atoms with Crippen molar-refractivity contribution in [2.75, 3.05) is 6.54 Å². The van der Waals surface area contributed by atoms with Crippen molar-refractivity contribution in [2.45, 2.75) is 13.5 Å². The van der Waals surface area contributed by atoms with Gasteiger partial charge in [0.2, 0.25) is 0 Å². The van der Waals surface area contributed by atoms with E-state index in [9.17, 15) is 0 Å². The second-order valence-corrected chi connectivity index (χ2v) is 3.56. The molecule has 0 aliphatic heterocycles. The molecule has 1 N–H and O–H groups in total. The van der Waals surface area contributed by atoms with Crippen molar-refractivity contribution >= 4 is 0 Å². The molecule has 1 heterocycles. The molecule has 1 aromatic heterocycles. The molecule has 0 spiro atoms. The molecule has 2 aromatic rings. The minimum atomic E-state index is 0.779. The topological polar surface area (TPSA) is 37.8 Å². The number of benzene rings is 1. The molecule has 3 heteroatoms. The monoisotopic (exact) mass is 213 g/mol. The third-order valence-corrected chi connectivity index (χ3v) is 2.32. The fraction of sp³-hybridized carbons (Fsp3) is 0.231. The molecule has 3 nitrogen and oxygen atoms in total. The highest BCUT2D eigenvalue weighted by Gasteiger charge is 1.99. The number of hydrogen-bond donors (Lipinski definition) is 1. The first-order valence-electron chi connectivity index (χ1n) is 5.47. The Balaban J connectivity index is 2.13. The number of nitrogens with zero attached hydrogens (tertiary/aromatic N) is 2. The normalized spacial score (nSPS) is 10.3. The summed E-state index contributed by atoms with van der Waals surface area (Å²) in [6.07, 6.45) is 3.75. The van der Waals surface area contributed by atoms with E-state index < -0.39 is 0 Å². The minimum Gasteiger partial charge on any atom is -0.313 e. The zero-order chi connectivity index (χ0) is 11.2. The molecule has 0 atom stereocenters. The average Bonchev–Trinajstić information content (AvgIpc) is 2.38. The Labute approximate surface area is 95.6 Å². The number of aromatic nitrogens is 2. The van der Waals surface area contributed by atoms with Crippen LogP contribution in [0.4, 0.5) is 0 Å². The van der Waals surface area contributed by atoms with Crippen LogP contribution >= 0.6 is 0 Å². The fourth-order valence-corrected chi connectivity index (χ4v) is 1.45. The lowest BCUT2D eigenvalue weighted by molar-refractivity contribution is 0.721. The summed E-state index contributed by atoms with van der Waals surface area (Å²) in [6, 6.07) is 10.00. The largest absolute Gasteiger partial charge is 0.313 e. The van der Waals surface area contributed by atoms with Crippen molar-refractivity contribution in [3.05, 3.63) is 48.3 Å². The Morgan fingerprint density at radius 3 is 2.38 bits per heavy atom. The number of nitrogens with one attached hydrogen (secondary N) is 1. The summed E-state index contributed by atoms with van der Waals surface area (Å²) in [6.45, 7) is 3.87. The quantitative estimate of drug-likeness (QED) is 0.846. The Kier molecular flexibility index (Phi) is 3.62. The molecule has 0 unspecified atom stereocenters. The molecule has 0 radical (unpaired) electrons. The van der Waals surface area contributed by atoms with Crippen LogP contribution < -0.4 is 5.32 Å². The van der Waals surface area contributed by atoms with Gasteiger partial charge in [-0.15, -0.1) is 0 Å². The molecule has 0 saturated carbocycles. The number of hydrogen-bond acceptors (Lipinski definition) is 3. The SMILES string of the molecule is CCNCc1cnc(-c2ccccc2)nc1. The van der Waals surface area contributed by atoms with Gasteiger partial charge in [-0.05, 0) is 6.54 Å². The Bertz CT molecular complexity index is 423. The van der Waals surface area contributed by atoms with Gasteiger partial charge in [-0.1, -0.05) is 37.3 Å². The zero-order valence-electron chi connectivity index (χ0n) is 9.35.